The maximum Gasteiger partial charge on any atom is 0.261 e. The van der Waals surface area contributed by atoms with Gasteiger partial charge in [0.2, 0.25) is 0 Å². The molecule has 1 aromatic heterocycles. The van der Waals surface area contributed by atoms with E-state index >= 15 is 0 Å². The van der Waals surface area contributed by atoms with Gasteiger partial charge in [0.05, 0.1) is 23.3 Å². The quantitative estimate of drug-likeness (QED) is 0.543. The van der Waals surface area contributed by atoms with E-state index in [-0.39, 0.29) is 25.0 Å². The molecule has 0 aliphatic carbocycles. The maximum atomic E-state index is 12.6. The molecule has 2 aliphatic heterocycles. The predicted octanol–water partition coefficient (Wildman–Crippen LogP) is 1.09. The standard InChI is InChI=1S/C23H22N2O6/c26-18-12-31-23(20(28)19(18)27)25-11-13(14-5-3-4-8-17(14)25)9-10-24-21(29)15-6-1-2-7-16(15)22(24)30/h1-8,11,18-20,23,26-28H,9-10,12H2. The highest BCUT2D eigenvalue weighted by molar-refractivity contribution is 6.21. The van der Waals surface area contributed by atoms with Gasteiger partial charge in [0.15, 0.2) is 6.23 Å². The third-order valence-electron chi connectivity index (χ3n) is 6.05. The number of benzene rings is 2. The van der Waals surface area contributed by atoms with Crippen LogP contribution in [-0.2, 0) is 11.2 Å². The number of para-hydroxylation sites is 1. The molecule has 8 heteroatoms. The Balaban J connectivity index is 1.43. The number of carbonyl (C=O) groups excluding carboxylic acids is 2. The number of rotatable bonds is 4. The smallest absolute Gasteiger partial charge is 0.261 e. The van der Waals surface area contributed by atoms with E-state index in [0.29, 0.717) is 17.5 Å². The summed E-state index contributed by atoms with van der Waals surface area (Å²) in [5.74, 6) is -0.597. The van der Waals surface area contributed by atoms with E-state index in [9.17, 15) is 24.9 Å². The monoisotopic (exact) mass is 422 g/mol. The molecular formula is C23H22N2O6. The van der Waals surface area contributed by atoms with E-state index in [0.717, 1.165) is 16.5 Å². The number of aliphatic hydroxyl groups is 3. The zero-order valence-corrected chi connectivity index (χ0v) is 16.6. The van der Waals surface area contributed by atoms with Gasteiger partial charge >= 0.3 is 0 Å². The molecule has 0 saturated carbocycles. The summed E-state index contributed by atoms with van der Waals surface area (Å²) >= 11 is 0. The van der Waals surface area contributed by atoms with Gasteiger partial charge in [-0.1, -0.05) is 30.3 Å². The summed E-state index contributed by atoms with van der Waals surface area (Å²) in [7, 11) is 0. The van der Waals surface area contributed by atoms with Crippen molar-refractivity contribution in [3.8, 4) is 0 Å². The molecule has 8 nitrogen and oxygen atoms in total. The third-order valence-corrected chi connectivity index (χ3v) is 6.05. The Morgan fingerprint density at radius 2 is 1.55 bits per heavy atom. The van der Waals surface area contributed by atoms with Gasteiger partial charge in [-0.15, -0.1) is 0 Å². The summed E-state index contributed by atoms with van der Waals surface area (Å²) in [5, 5.41) is 31.2. The summed E-state index contributed by atoms with van der Waals surface area (Å²) in [4.78, 5) is 26.6. The normalized spacial score (nSPS) is 26.0. The van der Waals surface area contributed by atoms with Crippen LogP contribution in [0.15, 0.2) is 54.7 Å². The first kappa shape index (κ1) is 19.9. The molecule has 2 aromatic carbocycles. The average Bonchev–Trinajstić information content (AvgIpc) is 3.27. The SMILES string of the molecule is O=C1c2ccccc2C(=O)N1CCc1cn(C2OCC(O)C(O)C2O)c2ccccc12. The van der Waals surface area contributed by atoms with Crippen molar-refractivity contribution in [3.63, 3.8) is 0 Å². The van der Waals surface area contributed by atoms with Gasteiger partial charge < -0.3 is 24.6 Å². The van der Waals surface area contributed by atoms with Crippen molar-refractivity contribution in [2.45, 2.75) is 31.0 Å². The van der Waals surface area contributed by atoms with Crippen LogP contribution < -0.4 is 0 Å². The number of aliphatic hydroxyl groups excluding tert-OH is 3. The summed E-state index contributed by atoms with van der Waals surface area (Å²) in [6, 6.07) is 14.3. The number of fused-ring (bicyclic) bond motifs is 2. The number of amides is 2. The first-order chi connectivity index (χ1) is 15.0. The van der Waals surface area contributed by atoms with Crippen molar-refractivity contribution in [1.82, 2.24) is 9.47 Å². The molecular weight excluding hydrogens is 400 g/mol. The minimum absolute atomic E-state index is 0.0974. The van der Waals surface area contributed by atoms with Gasteiger partial charge in [0.25, 0.3) is 11.8 Å². The summed E-state index contributed by atoms with van der Waals surface area (Å²) in [5.41, 5.74) is 2.50. The second-order valence-corrected chi connectivity index (χ2v) is 7.91. The molecule has 160 valence electrons. The van der Waals surface area contributed by atoms with Crippen LogP contribution in [0.25, 0.3) is 10.9 Å². The molecule has 0 radical (unpaired) electrons. The molecule has 3 aromatic rings. The van der Waals surface area contributed by atoms with Crippen LogP contribution in [-0.4, -0.2) is 68.1 Å². The predicted molar refractivity (Wildman–Crippen MR) is 110 cm³/mol. The second kappa shape index (κ2) is 7.58. The largest absolute Gasteiger partial charge is 0.388 e. The third kappa shape index (κ3) is 3.16. The van der Waals surface area contributed by atoms with Gasteiger partial charge in [-0.2, -0.15) is 0 Å². The molecule has 0 spiro atoms. The van der Waals surface area contributed by atoms with Crippen LogP contribution in [0.5, 0.6) is 0 Å². The fourth-order valence-electron chi connectivity index (χ4n) is 4.40. The Hall–Kier alpha value is -3.04. The first-order valence-electron chi connectivity index (χ1n) is 10.2. The summed E-state index contributed by atoms with van der Waals surface area (Å²) in [6.07, 6.45) is -2.41. The zero-order valence-electron chi connectivity index (χ0n) is 16.6. The van der Waals surface area contributed by atoms with Crippen LogP contribution in [0.3, 0.4) is 0 Å². The van der Waals surface area contributed by atoms with E-state index in [1.165, 1.54) is 4.90 Å². The summed E-state index contributed by atoms with van der Waals surface area (Å²) < 4.78 is 7.35. The number of hydrogen-bond donors (Lipinski definition) is 3. The lowest BCUT2D eigenvalue weighted by molar-refractivity contribution is -0.209. The van der Waals surface area contributed by atoms with Crippen molar-refractivity contribution in [1.29, 1.82) is 0 Å². The van der Waals surface area contributed by atoms with E-state index in [4.69, 9.17) is 4.74 Å². The van der Waals surface area contributed by atoms with Crippen LogP contribution >= 0.6 is 0 Å². The molecule has 31 heavy (non-hydrogen) atoms. The Labute approximate surface area is 177 Å². The molecule has 1 fully saturated rings. The van der Waals surface area contributed by atoms with Gasteiger partial charge in [-0.25, -0.2) is 0 Å². The lowest BCUT2D eigenvalue weighted by atomic mass is 10.0. The number of nitrogens with zero attached hydrogens (tertiary/aromatic N) is 2. The van der Waals surface area contributed by atoms with Gasteiger partial charge in [-0.3, -0.25) is 14.5 Å². The topological polar surface area (TPSA) is 112 Å². The van der Waals surface area contributed by atoms with E-state index in [2.05, 4.69) is 0 Å². The molecule has 4 atom stereocenters. The average molecular weight is 422 g/mol. The highest BCUT2D eigenvalue weighted by Crippen LogP contribution is 2.31. The van der Waals surface area contributed by atoms with Crippen LogP contribution in [0, 0.1) is 0 Å². The minimum Gasteiger partial charge on any atom is -0.388 e. The molecule has 1 saturated heterocycles. The highest BCUT2D eigenvalue weighted by atomic mass is 16.5. The van der Waals surface area contributed by atoms with Crippen LogP contribution in [0.4, 0.5) is 0 Å². The van der Waals surface area contributed by atoms with E-state index in [1.54, 1.807) is 35.0 Å². The van der Waals surface area contributed by atoms with Gasteiger partial charge in [0.1, 0.15) is 18.3 Å². The number of imide groups is 1. The van der Waals surface area contributed by atoms with Crippen LogP contribution in [0.2, 0.25) is 0 Å². The van der Waals surface area contributed by atoms with Crippen molar-refractivity contribution in [2.24, 2.45) is 0 Å². The molecule has 3 N–H and O–H groups in total. The van der Waals surface area contributed by atoms with Crippen molar-refractivity contribution < 1.29 is 29.6 Å². The molecule has 4 unspecified atom stereocenters. The molecule has 3 heterocycles. The number of carbonyl (C=O) groups is 2. The lowest BCUT2D eigenvalue weighted by Crippen LogP contribution is -2.50. The maximum absolute atomic E-state index is 12.6. The van der Waals surface area contributed by atoms with Gasteiger partial charge in [0, 0.05) is 18.1 Å². The van der Waals surface area contributed by atoms with Gasteiger partial charge in [-0.05, 0) is 30.2 Å². The fraction of sp³-hybridized carbons (Fsp3) is 0.304. The lowest BCUT2D eigenvalue weighted by Gasteiger charge is -2.36. The summed E-state index contributed by atoms with van der Waals surface area (Å²) in [6.45, 7) is 0.121. The molecule has 5 rings (SSSR count). The Morgan fingerprint density at radius 1 is 0.903 bits per heavy atom. The number of aromatic nitrogens is 1. The molecule has 2 amide bonds. The van der Waals surface area contributed by atoms with Crippen molar-refractivity contribution in [2.75, 3.05) is 13.2 Å². The number of hydrogen-bond acceptors (Lipinski definition) is 6. The first-order valence-corrected chi connectivity index (χ1v) is 10.2. The van der Waals surface area contributed by atoms with Crippen molar-refractivity contribution in [3.05, 3.63) is 71.4 Å². The van der Waals surface area contributed by atoms with E-state index in [1.807, 2.05) is 24.3 Å². The fourth-order valence-corrected chi connectivity index (χ4v) is 4.40. The van der Waals surface area contributed by atoms with E-state index < -0.39 is 24.5 Å². The Kier molecular flexibility index (Phi) is 4.86. The molecule has 0 bridgehead atoms. The zero-order chi connectivity index (χ0) is 21.7. The number of ether oxygens (including phenoxy) is 1. The minimum atomic E-state index is -1.32. The molecule has 2 aliphatic rings. The van der Waals surface area contributed by atoms with Crippen LogP contribution in [0.1, 0.15) is 32.5 Å². The Morgan fingerprint density at radius 3 is 2.26 bits per heavy atom. The Bertz CT molecular complexity index is 1140. The van der Waals surface area contributed by atoms with Crippen molar-refractivity contribution >= 4 is 22.7 Å². The highest BCUT2D eigenvalue weighted by Gasteiger charge is 2.39. The second-order valence-electron chi connectivity index (χ2n) is 7.91.